The Bertz CT molecular complexity index is 384. The van der Waals surface area contributed by atoms with Crippen LogP contribution < -0.4 is 10.1 Å². The van der Waals surface area contributed by atoms with Crippen molar-refractivity contribution in [3.05, 3.63) is 28.2 Å². The van der Waals surface area contributed by atoms with Crippen molar-refractivity contribution >= 4 is 15.9 Å². The van der Waals surface area contributed by atoms with Gasteiger partial charge in [-0.05, 0) is 44.5 Å². The molecule has 2 N–H and O–H groups in total. The fourth-order valence-electron chi connectivity index (χ4n) is 1.76. The van der Waals surface area contributed by atoms with Crippen molar-refractivity contribution in [1.82, 2.24) is 5.32 Å². The van der Waals surface area contributed by atoms with Gasteiger partial charge in [0, 0.05) is 16.1 Å². The molecule has 0 aliphatic rings. The van der Waals surface area contributed by atoms with Crippen LogP contribution in [0.3, 0.4) is 0 Å². The average Bonchev–Trinajstić information content (AvgIpc) is 2.42. The van der Waals surface area contributed by atoms with Crippen molar-refractivity contribution in [2.24, 2.45) is 0 Å². The summed E-state index contributed by atoms with van der Waals surface area (Å²) in [4.78, 5) is 0. The van der Waals surface area contributed by atoms with Crippen LogP contribution in [0.5, 0.6) is 5.75 Å². The molecule has 108 valence electrons. The maximum absolute atomic E-state index is 9.59. The number of halogens is 1. The molecule has 2 atom stereocenters. The monoisotopic (exact) mass is 329 g/mol. The van der Waals surface area contributed by atoms with E-state index in [4.69, 9.17) is 4.74 Å². The van der Waals surface area contributed by atoms with E-state index in [-0.39, 0.29) is 6.04 Å². The van der Waals surface area contributed by atoms with Crippen LogP contribution in [0, 0.1) is 0 Å². The van der Waals surface area contributed by atoms with Gasteiger partial charge in [0.15, 0.2) is 0 Å². The first-order valence-electron chi connectivity index (χ1n) is 6.92. The molecule has 0 radical (unpaired) electrons. The van der Waals surface area contributed by atoms with Gasteiger partial charge in [0.1, 0.15) is 12.4 Å². The van der Waals surface area contributed by atoms with Gasteiger partial charge in [-0.3, -0.25) is 0 Å². The minimum Gasteiger partial charge on any atom is -0.491 e. The molecule has 0 fully saturated rings. The van der Waals surface area contributed by atoms with E-state index >= 15 is 0 Å². The summed E-state index contributed by atoms with van der Waals surface area (Å²) < 4.78 is 6.77. The molecule has 1 rings (SSSR count). The van der Waals surface area contributed by atoms with Crippen molar-refractivity contribution < 1.29 is 9.84 Å². The highest BCUT2D eigenvalue weighted by molar-refractivity contribution is 9.10. The molecule has 0 heterocycles. The normalized spacial score (nSPS) is 14.2. The van der Waals surface area contributed by atoms with Crippen LogP contribution >= 0.6 is 15.9 Å². The lowest BCUT2D eigenvalue weighted by molar-refractivity contribution is 0.103. The summed E-state index contributed by atoms with van der Waals surface area (Å²) >= 11 is 3.49. The molecule has 4 heteroatoms. The lowest BCUT2D eigenvalue weighted by Crippen LogP contribution is -2.21. The van der Waals surface area contributed by atoms with E-state index in [2.05, 4.69) is 41.2 Å². The minimum absolute atomic E-state index is 0.228. The first kappa shape index (κ1) is 16.5. The number of aliphatic hydroxyl groups is 1. The summed E-state index contributed by atoms with van der Waals surface area (Å²) in [6.45, 7) is 7.54. The molecule has 0 amide bonds. The predicted molar refractivity (Wildman–Crippen MR) is 82.6 cm³/mol. The van der Waals surface area contributed by atoms with Crippen LogP contribution in [0.4, 0.5) is 0 Å². The van der Waals surface area contributed by atoms with E-state index < -0.39 is 6.10 Å². The molecular formula is C15H24BrNO2. The Hall–Kier alpha value is -0.580. The van der Waals surface area contributed by atoms with Crippen molar-refractivity contribution in [1.29, 1.82) is 0 Å². The van der Waals surface area contributed by atoms with Gasteiger partial charge < -0.3 is 15.2 Å². The van der Waals surface area contributed by atoms with Crippen molar-refractivity contribution in [3.63, 3.8) is 0 Å². The highest BCUT2D eigenvalue weighted by Gasteiger charge is 2.13. The van der Waals surface area contributed by atoms with Gasteiger partial charge in [0.2, 0.25) is 0 Å². The standard InChI is InChI=1S/C15H24BrNO2/c1-4-8-17-11(3)14-9-12(16)6-7-15(14)19-10-13(18)5-2/h6-7,9,11,13,17-18H,4-5,8,10H2,1-3H3. The number of nitrogens with one attached hydrogen (secondary N) is 1. The third-order valence-electron chi connectivity index (χ3n) is 3.04. The molecule has 0 aliphatic carbocycles. The third kappa shape index (κ3) is 5.51. The zero-order valence-electron chi connectivity index (χ0n) is 11.9. The predicted octanol–water partition coefficient (Wildman–Crippen LogP) is 3.66. The molecule has 0 saturated heterocycles. The van der Waals surface area contributed by atoms with Gasteiger partial charge in [0.05, 0.1) is 6.10 Å². The number of benzene rings is 1. The van der Waals surface area contributed by atoms with Gasteiger partial charge in [-0.25, -0.2) is 0 Å². The Morgan fingerprint density at radius 3 is 2.74 bits per heavy atom. The molecule has 0 spiro atoms. The number of aliphatic hydroxyl groups excluding tert-OH is 1. The first-order chi connectivity index (χ1) is 9.08. The molecule has 0 aromatic heterocycles. The molecule has 1 aromatic rings. The van der Waals surface area contributed by atoms with Crippen LogP contribution in [0.1, 0.15) is 45.2 Å². The lowest BCUT2D eigenvalue weighted by Gasteiger charge is -2.19. The Balaban J connectivity index is 2.78. The molecule has 19 heavy (non-hydrogen) atoms. The molecule has 0 bridgehead atoms. The fraction of sp³-hybridized carbons (Fsp3) is 0.600. The highest BCUT2D eigenvalue weighted by Crippen LogP contribution is 2.28. The van der Waals surface area contributed by atoms with Crippen LogP contribution in [-0.4, -0.2) is 24.4 Å². The van der Waals surface area contributed by atoms with Gasteiger partial charge >= 0.3 is 0 Å². The van der Waals surface area contributed by atoms with Gasteiger partial charge in [0.25, 0.3) is 0 Å². The first-order valence-corrected chi connectivity index (χ1v) is 7.71. The van der Waals surface area contributed by atoms with Crippen LogP contribution in [-0.2, 0) is 0 Å². The lowest BCUT2D eigenvalue weighted by atomic mass is 10.1. The van der Waals surface area contributed by atoms with E-state index in [1.165, 1.54) is 0 Å². The average molecular weight is 330 g/mol. The van der Waals surface area contributed by atoms with Gasteiger partial charge in [-0.1, -0.05) is 29.8 Å². The summed E-state index contributed by atoms with van der Waals surface area (Å²) in [7, 11) is 0. The molecule has 1 aromatic carbocycles. The van der Waals surface area contributed by atoms with Crippen molar-refractivity contribution in [2.75, 3.05) is 13.2 Å². The van der Waals surface area contributed by atoms with E-state index in [0.29, 0.717) is 13.0 Å². The Morgan fingerprint density at radius 2 is 2.11 bits per heavy atom. The van der Waals surface area contributed by atoms with Crippen LogP contribution in [0.15, 0.2) is 22.7 Å². The number of ether oxygens (including phenoxy) is 1. The Labute approximate surface area is 124 Å². The van der Waals surface area contributed by atoms with Crippen molar-refractivity contribution in [2.45, 2.75) is 45.8 Å². The zero-order valence-corrected chi connectivity index (χ0v) is 13.5. The summed E-state index contributed by atoms with van der Waals surface area (Å²) in [5.74, 6) is 0.840. The van der Waals surface area contributed by atoms with E-state index in [0.717, 1.165) is 28.8 Å². The molecule has 2 unspecified atom stereocenters. The molecule has 3 nitrogen and oxygen atoms in total. The molecule has 0 saturated carbocycles. The fourth-order valence-corrected chi connectivity index (χ4v) is 2.14. The minimum atomic E-state index is -0.407. The van der Waals surface area contributed by atoms with Gasteiger partial charge in [-0.2, -0.15) is 0 Å². The van der Waals surface area contributed by atoms with Crippen LogP contribution in [0.2, 0.25) is 0 Å². The van der Waals surface area contributed by atoms with E-state index in [1.807, 2.05) is 19.1 Å². The number of rotatable bonds is 8. The SMILES string of the molecule is CCCNC(C)c1cc(Br)ccc1OCC(O)CC. The third-order valence-corrected chi connectivity index (χ3v) is 3.53. The smallest absolute Gasteiger partial charge is 0.124 e. The van der Waals surface area contributed by atoms with Crippen molar-refractivity contribution in [3.8, 4) is 5.75 Å². The van der Waals surface area contributed by atoms with E-state index in [9.17, 15) is 5.11 Å². The second-order valence-corrected chi connectivity index (χ2v) is 5.65. The summed E-state index contributed by atoms with van der Waals surface area (Å²) in [5.41, 5.74) is 1.12. The van der Waals surface area contributed by atoms with Crippen LogP contribution in [0.25, 0.3) is 0 Å². The summed E-state index contributed by atoms with van der Waals surface area (Å²) in [6.07, 6.45) is 1.40. The Kier molecular flexibility index (Phi) is 7.42. The topological polar surface area (TPSA) is 41.5 Å². The maximum Gasteiger partial charge on any atom is 0.124 e. The highest BCUT2D eigenvalue weighted by atomic mass is 79.9. The summed E-state index contributed by atoms with van der Waals surface area (Å²) in [5, 5.41) is 13.0. The quantitative estimate of drug-likeness (QED) is 0.764. The number of hydrogen-bond acceptors (Lipinski definition) is 3. The second kappa shape index (κ2) is 8.56. The zero-order chi connectivity index (χ0) is 14.3. The maximum atomic E-state index is 9.59. The molecule has 0 aliphatic heterocycles. The second-order valence-electron chi connectivity index (χ2n) is 4.73. The van der Waals surface area contributed by atoms with Gasteiger partial charge in [-0.15, -0.1) is 0 Å². The largest absolute Gasteiger partial charge is 0.491 e. The molecular weight excluding hydrogens is 306 g/mol. The Morgan fingerprint density at radius 1 is 1.37 bits per heavy atom. The summed E-state index contributed by atoms with van der Waals surface area (Å²) in [6, 6.07) is 6.21. The number of hydrogen-bond donors (Lipinski definition) is 2. The van der Waals surface area contributed by atoms with E-state index in [1.54, 1.807) is 0 Å².